The molecule has 4 rings (SSSR count). The van der Waals surface area contributed by atoms with E-state index in [9.17, 15) is 21.6 Å². The lowest BCUT2D eigenvalue weighted by molar-refractivity contribution is -0.120. The van der Waals surface area contributed by atoms with Crippen LogP contribution in [0.4, 0.5) is 5.69 Å². The summed E-state index contributed by atoms with van der Waals surface area (Å²) in [6.45, 7) is 1.25. The van der Waals surface area contributed by atoms with Crippen molar-refractivity contribution >= 4 is 31.6 Å². The molecule has 0 aromatic heterocycles. The number of hydrogen-bond donors (Lipinski definition) is 1. The number of sulfonamides is 2. The zero-order chi connectivity index (χ0) is 22.8. The minimum atomic E-state index is -3.82. The van der Waals surface area contributed by atoms with Crippen LogP contribution in [-0.2, 0) is 24.8 Å². The predicted molar refractivity (Wildman–Crippen MR) is 121 cm³/mol. The van der Waals surface area contributed by atoms with Gasteiger partial charge in [-0.3, -0.25) is 4.79 Å². The number of rotatable bonds is 6. The van der Waals surface area contributed by atoms with Crippen molar-refractivity contribution in [1.82, 2.24) is 8.61 Å². The predicted octanol–water partition coefficient (Wildman–Crippen LogP) is 2.65. The van der Waals surface area contributed by atoms with Crippen molar-refractivity contribution in [2.75, 3.05) is 25.0 Å². The number of amides is 1. The number of nitrogens with one attached hydrogen (secondary N) is 1. The fraction of sp³-hybridized carbons (Fsp3) is 0.409. The van der Waals surface area contributed by atoms with Gasteiger partial charge in [0.15, 0.2) is 0 Å². The maximum absolute atomic E-state index is 13.1. The first kappa shape index (κ1) is 22.9. The summed E-state index contributed by atoms with van der Waals surface area (Å²) in [6, 6.07) is 13.4. The lowest BCUT2D eigenvalue weighted by Gasteiger charge is -2.33. The van der Waals surface area contributed by atoms with Gasteiger partial charge in [0.25, 0.3) is 0 Å². The maximum atomic E-state index is 13.1. The van der Waals surface area contributed by atoms with E-state index in [4.69, 9.17) is 0 Å². The van der Waals surface area contributed by atoms with Crippen LogP contribution in [0.5, 0.6) is 0 Å². The molecule has 1 atom stereocenters. The van der Waals surface area contributed by atoms with Crippen molar-refractivity contribution in [2.45, 2.75) is 47.9 Å². The minimum absolute atomic E-state index is 0.120. The van der Waals surface area contributed by atoms with Gasteiger partial charge in [0, 0.05) is 25.3 Å². The van der Waals surface area contributed by atoms with E-state index < -0.39 is 32.0 Å². The number of carbonyl (C=O) groups is 1. The Kier molecular flexibility index (Phi) is 6.66. The summed E-state index contributed by atoms with van der Waals surface area (Å²) in [6.07, 6.45) is 3.50. The third kappa shape index (κ3) is 4.59. The molecule has 0 unspecified atom stereocenters. The summed E-state index contributed by atoms with van der Waals surface area (Å²) in [4.78, 5) is 13.4. The quantitative estimate of drug-likeness (QED) is 0.689. The summed E-state index contributed by atoms with van der Waals surface area (Å²) in [5.41, 5.74) is 0.331. The number of hydrogen-bond acceptors (Lipinski definition) is 5. The Balaban J connectivity index is 1.55. The van der Waals surface area contributed by atoms with Crippen LogP contribution in [-0.4, -0.2) is 57.0 Å². The number of piperidine rings is 1. The zero-order valence-corrected chi connectivity index (χ0v) is 19.3. The summed E-state index contributed by atoms with van der Waals surface area (Å²) < 4.78 is 54.7. The molecule has 2 fully saturated rings. The van der Waals surface area contributed by atoms with Gasteiger partial charge < -0.3 is 5.32 Å². The third-order valence-electron chi connectivity index (χ3n) is 5.91. The molecule has 0 radical (unpaired) electrons. The number of nitrogens with zero attached hydrogens (tertiary/aromatic N) is 2. The average Bonchev–Trinajstić information content (AvgIpc) is 3.36. The van der Waals surface area contributed by atoms with Crippen LogP contribution in [0.3, 0.4) is 0 Å². The minimum Gasteiger partial charge on any atom is -0.325 e. The van der Waals surface area contributed by atoms with Crippen molar-refractivity contribution in [3.05, 3.63) is 54.6 Å². The van der Waals surface area contributed by atoms with E-state index in [0.29, 0.717) is 31.6 Å². The van der Waals surface area contributed by atoms with Gasteiger partial charge >= 0.3 is 0 Å². The van der Waals surface area contributed by atoms with Gasteiger partial charge in [-0.25, -0.2) is 16.8 Å². The fourth-order valence-corrected chi connectivity index (χ4v) is 7.46. The molecule has 8 nitrogen and oxygen atoms in total. The molecular formula is C22H27N3O5S2. The second kappa shape index (κ2) is 9.30. The monoisotopic (exact) mass is 477 g/mol. The largest absolute Gasteiger partial charge is 0.325 e. The van der Waals surface area contributed by atoms with Crippen molar-refractivity contribution < 1.29 is 21.6 Å². The molecule has 172 valence electrons. The first-order valence-corrected chi connectivity index (χ1v) is 13.7. The molecule has 2 saturated heterocycles. The molecular weight excluding hydrogens is 450 g/mol. The van der Waals surface area contributed by atoms with Crippen LogP contribution in [0.1, 0.15) is 32.1 Å². The van der Waals surface area contributed by atoms with Crippen LogP contribution >= 0.6 is 0 Å². The third-order valence-corrected chi connectivity index (χ3v) is 9.73. The highest BCUT2D eigenvalue weighted by Gasteiger charge is 2.37. The first-order valence-electron chi connectivity index (χ1n) is 10.8. The molecule has 0 spiro atoms. The van der Waals surface area contributed by atoms with Gasteiger partial charge in [0.2, 0.25) is 26.0 Å². The Morgan fingerprint density at radius 3 is 2.16 bits per heavy atom. The second-order valence-electron chi connectivity index (χ2n) is 8.07. The van der Waals surface area contributed by atoms with Gasteiger partial charge in [-0.05, 0) is 56.0 Å². The van der Waals surface area contributed by atoms with Gasteiger partial charge in [-0.15, -0.1) is 0 Å². The van der Waals surface area contributed by atoms with Gasteiger partial charge in [-0.2, -0.15) is 8.61 Å². The highest BCUT2D eigenvalue weighted by atomic mass is 32.2. The van der Waals surface area contributed by atoms with E-state index in [1.807, 2.05) is 0 Å². The molecule has 0 saturated carbocycles. The molecule has 32 heavy (non-hydrogen) atoms. The van der Waals surface area contributed by atoms with Crippen molar-refractivity contribution in [1.29, 1.82) is 0 Å². The molecule has 1 N–H and O–H groups in total. The first-order chi connectivity index (χ1) is 15.3. The maximum Gasteiger partial charge on any atom is 0.243 e. The molecule has 2 aromatic carbocycles. The van der Waals surface area contributed by atoms with Crippen LogP contribution in [0.25, 0.3) is 0 Å². The van der Waals surface area contributed by atoms with Crippen molar-refractivity contribution in [3.63, 3.8) is 0 Å². The fourth-order valence-electron chi connectivity index (χ4n) is 4.22. The smallest absolute Gasteiger partial charge is 0.243 e. The number of anilines is 1. The Bertz CT molecular complexity index is 1180. The lowest BCUT2D eigenvalue weighted by atomic mass is 10.0. The topological polar surface area (TPSA) is 104 Å². The van der Waals surface area contributed by atoms with E-state index in [-0.39, 0.29) is 16.3 Å². The van der Waals surface area contributed by atoms with Crippen LogP contribution < -0.4 is 5.32 Å². The summed E-state index contributed by atoms with van der Waals surface area (Å²) in [7, 11) is -7.44. The molecule has 2 aromatic rings. The van der Waals surface area contributed by atoms with Crippen molar-refractivity contribution in [3.8, 4) is 0 Å². The average molecular weight is 478 g/mol. The Hall–Kier alpha value is -2.27. The number of benzene rings is 2. The molecule has 0 bridgehead atoms. The van der Waals surface area contributed by atoms with E-state index in [0.717, 1.165) is 19.3 Å². The summed E-state index contributed by atoms with van der Waals surface area (Å²) in [5, 5.41) is 2.74. The molecule has 2 aliphatic rings. The SMILES string of the molecule is O=C(Nc1cccc(S(=O)(=O)N2CCCC2)c1)[C@@H]1CCCCN1S(=O)(=O)c1ccccc1. The second-order valence-corrected chi connectivity index (χ2v) is 11.9. The normalized spacial score (nSPS) is 20.8. The highest BCUT2D eigenvalue weighted by Crippen LogP contribution is 2.27. The van der Waals surface area contributed by atoms with Crippen LogP contribution in [0.2, 0.25) is 0 Å². The molecule has 1 amide bonds. The Morgan fingerprint density at radius 1 is 0.781 bits per heavy atom. The molecule has 0 aliphatic carbocycles. The molecule has 2 heterocycles. The lowest BCUT2D eigenvalue weighted by Crippen LogP contribution is -2.49. The standard InChI is InChI=1S/C22H27N3O5S2/c26-22(21-13-4-5-16-25(21)32(29,30)19-10-2-1-3-11-19)23-18-9-8-12-20(17-18)31(27,28)24-14-6-7-15-24/h1-3,8-12,17,21H,4-7,13-16H2,(H,23,26)/t21-/m0/s1. The van der Waals surface area contributed by atoms with Gasteiger partial charge in [-0.1, -0.05) is 30.7 Å². The van der Waals surface area contributed by atoms with Gasteiger partial charge in [0.1, 0.15) is 6.04 Å². The van der Waals surface area contributed by atoms with E-state index >= 15 is 0 Å². The van der Waals surface area contributed by atoms with E-state index in [1.165, 1.54) is 32.9 Å². The Labute approximate surface area is 189 Å². The van der Waals surface area contributed by atoms with Crippen LogP contribution in [0.15, 0.2) is 64.4 Å². The van der Waals surface area contributed by atoms with Gasteiger partial charge in [0.05, 0.1) is 9.79 Å². The summed E-state index contributed by atoms with van der Waals surface area (Å²) in [5.74, 6) is -0.458. The highest BCUT2D eigenvalue weighted by molar-refractivity contribution is 7.89. The van der Waals surface area contributed by atoms with Crippen molar-refractivity contribution in [2.24, 2.45) is 0 Å². The van der Waals surface area contributed by atoms with E-state index in [1.54, 1.807) is 30.3 Å². The summed E-state index contributed by atoms with van der Waals surface area (Å²) >= 11 is 0. The van der Waals surface area contributed by atoms with Crippen LogP contribution in [0, 0.1) is 0 Å². The molecule has 10 heteroatoms. The zero-order valence-electron chi connectivity index (χ0n) is 17.7. The molecule has 2 aliphatic heterocycles. The number of carbonyl (C=O) groups excluding carboxylic acids is 1. The van der Waals surface area contributed by atoms with E-state index in [2.05, 4.69) is 5.32 Å². The Morgan fingerprint density at radius 2 is 1.44 bits per heavy atom.